The van der Waals surface area contributed by atoms with Gasteiger partial charge in [-0.1, -0.05) is 42.0 Å². The van der Waals surface area contributed by atoms with Crippen LogP contribution in [-0.2, 0) is 4.79 Å². The third kappa shape index (κ3) is 5.87. The second-order valence-corrected chi connectivity index (χ2v) is 8.64. The van der Waals surface area contributed by atoms with E-state index >= 15 is 0 Å². The van der Waals surface area contributed by atoms with Crippen LogP contribution in [-0.4, -0.2) is 27.2 Å². The highest BCUT2D eigenvalue weighted by molar-refractivity contribution is 6.05. The molecule has 0 spiro atoms. The van der Waals surface area contributed by atoms with Gasteiger partial charge >= 0.3 is 0 Å². The van der Waals surface area contributed by atoms with Crippen LogP contribution in [0.1, 0.15) is 30.4 Å². The Hall–Kier alpha value is -4.25. The van der Waals surface area contributed by atoms with Crippen LogP contribution < -0.4 is 19.1 Å². The fourth-order valence-electron chi connectivity index (χ4n) is 4.25. The van der Waals surface area contributed by atoms with Crippen molar-refractivity contribution < 1.29 is 19.0 Å². The second-order valence-electron chi connectivity index (χ2n) is 8.64. The van der Waals surface area contributed by atoms with E-state index in [1.165, 1.54) is 0 Å². The van der Waals surface area contributed by atoms with E-state index in [2.05, 4.69) is 18.2 Å². The number of ether oxygens (including phenoxy) is 3. The molecule has 36 heavy (non-hydrogen) atoms. The first-order chi connectivity index (χ1) is 17.5. The number of anilines is 1. The molecule has 1 aliphatic rings. The molecule has 0 aromatic heterocycles. The van der Waals surface area contributed by atoms with Crippen LogP contribution in [0, 0.1) is 0 Å². The van der Waals surface area contributed by atoms with Crippen molar-refractivity contribution in [3.8, 4) is 17.2 Å². The zero-order valence-electron chi connectivity index (χ0n) is 21.1. The predicted octanol–water partition coefficient (Wildman–Crippen LogP) is 6.78. The van der Waals surface area contributed by atoms with E-state index in [0.29, 0.717) is 0 Å². The number of amides is 1. The van der Waals surface area contributed by atoms with Gasteiger partial charge in [0.25, 0.3) is 5.91 Å². The molecule has 184 valence electrons. The van der Waals surface area contributed by atoms with Gasteiger partial charge in [0.05, 0.1) is 21.3 Å². The maximum absolute atomic E-state index is 13.5. The van der Waals surface area contributed by atoms with E-state index in [1.807, 2.05) is 79.7 Å². The van der Waals surface area contributed by atoms with Crippen LogP contribution >= 0.6 is 0 Å². The summed E-state index contributed by atoms with van der Waals surface area (Å²) in [6, 6.07) is 23.5. The lowest BCUT2D eigenvalue weighted by Crippen LogP contribution is -2.29. The third-order valence-electron chi connectivity index (χ3n) is 6.20. The number of nitrogens with zero attached hydrogens (tertiary/aromatic N) is 1. The molecule has 1 aliphatic heterocycles. The zero-order chi connectivity index (χ0) is 25.5. The minimum Gasteiger partial charge on any atom is -0.497 e. The maximum Gasteiger partial charge on any atom is 0.255 e. The molecule has 1 amide bonds. The number of rotatable bonds is 7. The fourth-order valence-corrected chi connectivity index (χ4v) is 4.25. The van der Waals surface area contributed by atoms with Crippen LogP contribution in [0.4, 0.5) is 5.69 Å². The van der Waals surface area contributed by atoms with E-state index in [-0.39, 0.29) is 11.8 Å². The predicted molar refractivity (Wildman–Crippen MR) is 145 cm³/mol. The number of allylic oxidation sites excluding steroid dienone is 3. The summed E-state index contributed by atoms with van der Waals surface area (Å²) >= 11 is 0. The molecular formula is C31H31NO4. The minimum absolute atomic E-state index is 0.0801. The Labute approximate surface area is 212 Å². The number of hydrogen-bond acceptors (Lipinski definition) is 4. The van der Waals surface area contributed by atoms with Gasteiger partial charge in [-0.2, -0.15) is 0 Å². The average Bonchev–Trinajstić information content (AvgIpc) is 2.91. The molecule has 0 bridgehead atoms. The first-order valence-corrected chi connectivity index (χ1v) is 11.8. The molecule has 0 radical (unpaired) electrons. The number of carbonyl (C=O) groups excluding carboxylic acids is 1. The SMILES string of the molecule is COc1ccc(/C=C/C2=C/C(c3ccc(OC)cc3)C/C(C)=C\C(=O)N2c2ccc(OC)cc2)cc1. The van der Waals surface area contributed by atoms with Crippen molar-refractivity contribution in [2.24, 2.45) is 0 Å². The number of benzene rings is 3. The number of hydrogen-bond donors (Lipinski definition) is 0. The van der Waals surface area contributed by atoms with Gasteiger partial charge in [0.2, 0.25) is 0 Å². The smallest absolute Gasteiger partial charge is 0.255 e. The van der Waals surface area contributed by atoms with E-state index in [9.17, 15) is 4.79 Å². The van der Waals surface area contributed by atoms with Gasteiger partial charge in [-0.25, -0.2) is 0 Å². The van der Waals surface area contributed by atoms with Crippen molar-refractivity contribution in [1.29, 1.82) is 0 Å². The largest absolute Gasteiger partial charge is 0.497 e. The third-order valence-corrected chi connectivity index (χ3v) is 6.20. The molecule has 1 heterocycles. The van der Waals surface area contributed by atoms with Crippen molar-refractivity contribution in [3.63, 3.8) is 0 Å². The van der Waals surface area contributed by atoms with Gasteiger partial charge in [0.1, 0.15) is 17.2 Å². The first-order valence-electron chi connectivity index (χ1n) is 11.8. The summed E-state index contributed by atoms with van der Waals surface area (Å²) in [7, 11) is 4.94. The van der Waals surface area contributed by atoms with Crippen molar-refractivity contribution in [2.75, 3.05) is 26.2 Å². The van der Waals surface area contributed by atoms with Crippen LogP contribution in [0.2, 0.25) is 0 Å². The molecule has 5 heteroatoms. The highest BCUT2D eigenvalue weighted by atomic mass is 16.5. The lowest BCUT2D eigenvalue weighted by Gasteiger charge is -2.27. The second kappa shape index (κ2) is 11.5. The van der Waals surface area contributed by atoms with Gasteiger partial charge in [-0.3, -0.25) is 9.69 Å². The highest BCUT2D eigenvalue weighted by Gasteiger charge is 2.23. The fraction of sp³-hybridized carbons (Fsp3) is 0.194. The molecule has 0 saturated carbocycles. The minimum atomic E-state index is -0.0866. The summed E-state index contributed by atoms with van der Waals surface area (Å²) in [5, 5.41) is 0. The molecule has 5 nitrogen and oxygen atoms in total. The van der Waals surface area contributed by atoms with Crippen molar-refractivity contribution in [1.82, 2.24) is 0 Å². The van der Waals surface area contributed by atoms with Crippen LogP contribution in [0.15, 0.2) is 102 Å². The van der Waals surface area contributed by atoms with Crippen LogP contribution in [0.3, 0.4) is 0 Å². The van der Waals surface area contributed by atoms with Crippen molar-refractivity contribution in [2.45, 2.75) is 19.3 Å². The normalized spacial score (nSPS) is 19.1. The topological polar surface area (TPSA) is 48.0 Å². The molecule has 1 atom stereocenters. The van der Waals surface area contributed by atoms with Gasteiger partial charge in [0, 0.05) is 23.4 Å². The van der Waals surface area contributed by atoms with Gasteiger partial charge in [0.15, 0.2) is 0 Å². The summed E-state index contributed by atoms with van der Waals surface area (Å²) in [4.78, 5) is 15.2. The highest BCUT2D eigenvalue weighted by Crippen LogP contribution is 2.33. The summed E-state index contributed by atoms with van der Waals surface area (Å²) in [6.45, 7) is 2.01. The molecule has 0 fully saturated rings. The Morgan fingerprint density at radius 3 is 1.83 bits per heavy atom. The molecule has 0 saturated heterocycles. The quantitative estimate of drug-likeness (QED) is 0.373. The standard InChI is InChI=1S/C31H31NO4/c1-22-19-25(24-8-15-29(35-3)16-9-24)21-27(10-5-23-6-13-28(34-2)14-7-23)32(31(33)20-22)26-11-17-30(36-4)18-12-26/h5-18,20-21,25H,19H2,1-4H3/b10-5+,22-20-,27-21-. The maximum atomic E-state index is 13.5. The Balaban J connectivity index is 1.80. The van der Waals surface area contributed by atoms with E-state index in [1.54, 1.807) is 32.3 Å². The number of methoxy groups -OCH3 is 3. The first kappa shape index (κ1) is 24.9. The Kier molecular flexibility index (Phi) is 7.91. The Morgan fingerprint density at radius 2 is 1.28 bits per heavy atom. The molecule has 3 aromatic carbocycles. The van der Waals surface area contributed by atoms with Crippen LogP contribution in [0.25, 0.3) is 6.08 Å². The summed E-state index contributed by atoms with van der Waals surface area (Å²) < 4.78 is 15.9. The molecular weight excluding hydrogens is 450 g/mol. The van der Waals surface area contributed by atoms with Crippen molar-refractivity contribution in [3.05, 3.63) is 113 Å². The summed E-state index contributed by atoms with van der Waals surface area (Å²) in [5.41, 5.74) is 4.75. The van der Waals surface area contributed by atoms with Gasteiger partial charge in [-0.05, 0) is 79.1 Å². The lowest BCUT2D eigenvalue weighted by molar-refractivity contribution is -0.113. The summed E-state index contributed by atoms with van der Waals surface area (Å²) in [6.07, 6.45) is 8.65. The number of carbonyl (C=O) groups is 1. The van der Waals surface area contributed by atoms with E-state index in [0.717, 1.165) is 51.8 Å². The molecule has 3 aromatic rings. The van der Waals surface area contributed by atoms with E-state index in [4.69, 9.17) is 14.2 Å². The monoisotopic (exact) mass is 481 g/mol. The Bertz CT molecular complexity index is 1270. The van der Waals surface area contributed by atoms with Crippen molar-refractivity contribution >= 4 is 17.7 Å². The molecule has 0 aliphatic carbocycles. The van der Waals surface area contributed by atoms with Gasteiger partial charge in [-0.15, -0.1) is 0 Å². The Morgan fingerprint density at radius 1 is 0.750 bits per heavy atom. The average molecular weight is 482 g/mol. The lowest BCUT2D eigenvalue weighted by atomic mass is 9.89. The molecule has 0 N–H and O–H groups in total. The zero-order valence-corrected chi connectivity index (χ0v) is 21.1. The molecule has 4 rings (SSSR count). The summed E-state index contributed by atoms with van der Waals surface area (Å²) in [5.74, 6) is 2.34. The van der Waals surface area contributed by atoms with Crippen LogP contribution in [0.5, 0.6) is 17.2 Å². The van der Waals surface area contributed by atoms with E-state index < -0.39 is 0 Å². The molecule has 1 unspecified atom stereocenters. The van der Waals surface area contributed by atoms with Gasteiger partial charge < -0.3 is 14.2 Å².